The number of hydrogen-bond donors (Lipinski definition) is 2. The van der Waals surface area contributed by atoms with Crippen LogP contribution in [-0.4, -0.2) is 40.3 Å². The lowest BCUT2D eigenvalue weighted by molar-refractivity contribution is 0.0196. The van der Waals surface area contributed by atoms with E-state index in [1.165, 1.54) is 0 Å². The van der Waals surface area contributed by atoms with Crippen LogP contribution < -0.4 is 0 Å². The average molecular weight is 263 g/mol. The highest BCUT2D eigenvalue weighted by Crippen LogP contribution is 2.34. The van der Waals surface area contributed by atoms with Gasteiger partial charge in [-0.15, -0.1) is 0 Å². The second-order valence-corrected chi connectivity index (χ2v) is 5.61. The fraction of sp³-hybridized carbons (Fsp3) is 0.625. The van der Waals surface area contributed by atoms with E-state index in [9.17, 15) is 10.2 Å². The monoisotopic (exact) mass is 263 g/mol. The normalized spacial score (nSPS) is 25.6. The standard InChI is InChI=1S/C16H25NO2/c1-2-9-16(13-18)10-6-11-17(16)12-15(19)14-7-4-3-5-8-14/h3-5,7-8,15,18-19H,2,6,9-13H2,1H3/t15-,16+/m1/s1. The van der Waals surface area contributed by atoms with Gasteiger partial charge in [-0.2, -0.15) is 0 Å². The molecule has 1 aromatic carbocycles. The molecule has 0 amide bonds. The molecule has 0 saturated carbocycles. The first-order valence-corrected chi connectivity index (χ1v) is 7.31. The number of aliphatic hydroxyl groups excluding tert-OH is 2. The van der Waals surface area contributed by atoms with Crippen LogP contribution in [0, 0.1) is 0 Å². The summed E-state index contributed by atoms with van der Waals surface area (Å²) in [5, 5.41) is 20.1. The predicted octanol–water partition coefficient (Wildman–Crippen LogP) is 2.35. The van der Waals surface area contributed by atoms with Gasteiger partial charge in [-0.3, -0.25) is 4.90 Å². The minimum absolute atomic E-state index is 0.107. The van der Waals surface area contributed by atoms with Crippen molar-refractivity contribution < 1.29 is 10.2 Å². The fourth-order valence-corrected chi connectivity index (χ4v) is 3.28. The molecule has 0 spiro atoms. The summed E-state index contributed by atoms with van der Waals surface area (Å²) in [4.78, 5) is 2.29. The van der Waals surface area contributed by atoms with Gasteiger partial charge >= 0.3 is 0 Å². The second kappa shape index (κ2) is 6.51. The highest BCUT2D eigenvalue weighted by Gasteiger charge is 2.40. The van der Waals surface area contributed by atoms with E-state index in [2.05, 4.69) is 11.8 Å². The van der Waals surface area contributed by atoms with Gasteiger partial charge in [0.2, 0.25) is 0 Å². The Bertz CT molecular complexity index is 382. The maximum absolute atomic E-state index is 10.4. The van der Waals surface area contributed by atoms with Crippen molar-refractivity contribution >= 4 is 0 Å². The van der Waals surface area contributed by atoms with Crippen molar-refractivity contribution in [3.05, 3.63) is 35.9 Å². The Kier molecular flexibility index (Phi) is 4.97. The Morgan fingerprint density at radius 3 is 2.68 bits per heavy atom. The number of hydrogen-bond acceptors (Lipinski definition) is 3. The third-order valence-electron chi connectivity index (χ3n) is 4.33. The summed E-state index contributed by atoms with van der Waals surface area (Å²) in [5.41, 5.74) is 0.850. The Balaban J connectivity index is 2.05. The summed E-state index contributed by atoms with van der Waals surface area (Å²) < 4.78 is 0. The molecule has 1 saturated heterocycles. The van der Waals surface area contributed by atoms with E-state index in [0.29, 0.717) is 6.54 Å². The van der Waals surface area contributed by atoms with E-state index in [1.54, 1.807) is 0 Å². The number of nitrogens with zero attached hydrogens (tertiary/aromatic N) is 1. The van der Waals surface area contributed by atoms with E-state index in [1.807, 2.05) is 30.3 Å². The molecular formula is C16H25NO2. The highest BCUT2D eigenvalue weighted by atomic mass is 16.3. The first kappa shape index (κ1) is 14.5. The molecule has 1 aliphatic heterocycles. The fourth-order valence-electron chi connectivity index (χ4n) is 3.28. The molecular weight excluding hydrogens is 238 g/mol. The van der Waals surface area contributed by atoms with E-state index in [0.717, 1.165) is 37.8 Å². The number of rotatable bonds is 6. The SMILES string of the molecule is CCC[C@@]1(CO)CCCN1C[C@@H](O)c1ccccc1. The van der Waals surface area contributed by atoms with Crippen molar-refractivity contribution in [2.75, 3.05) is 19.7 Å². The molecule has 2 atom stereocenters. The third-order valence-corrected chi connectivity index (χ3v) is 4.33. The third kappa shape index (κ3) is 3.16. The van der Waals surface area contributed by atoms with Gasteiger partial charge in [0.15, 0.2) is 0 Å². The Hall–Kier alpha value is -0.900. The minimum Gasteiger partial charge on any atom is -0.394 e. The Morgan fingerprint density at radius 2 is 2.05 bits per heavy atom. The van der Waals surface area contributed by atoms with Crippen molar-refractivity contribution in [2.24, 2.45) is 0 Å². The van der Waals surface area contributed by atoms with Gasteiger partial charge in [0.1, 0.15) is 0 Å². The van der Waals surface area contributed by atoms with Crippen LogP contribution in [0.1, 0.15) is 44.3 Å². The zero-order valence-corrected chi connectivity index (χ0v) is 11.8. The van der Waals surface area contributed by atoms with Crippen LogP contribution >= 0.6 is 0 Å². The van der Waals surface area contributed by atoms with Crippen molar-refractivity contribution in [1.82, 2.24) is 4.90 Å². The van der Waals surface area contributed by atoms with E-state index in [4.69, 9.17) is 0 Å². The zero-order chi connectivity index (χ0) is 13.7. The molecule has 2 N–H and O–H groups in total. The van der Waals surface area contributed by atoms with Crippen LogP contribution in [0.15, 0.2) is 30.3 Å². The molecule has 106 valence electrons. The van der Waals surface area contributed by atoms with Gasteiger partial charge in [0.25, 0.3) is 0 Å². The number of benzene rings is 1. The molecule has 1 fully saturated rings. The van der Waals surface area contributed by atoms with Crippen molar-refractivity contribution in [2.45, 2.75) is 44.2 Å². The molecule has 0 radical (unpaired) electrons. The molecule has 1 heterocycles. The van der Waals surface area contributed by atoms with Gasteiger partial charge in [0.05, 0.1) is 12.7 Å². The first-order valence-electron chi connectivity index (χ1n) is 7.31. The number of β-amino-alcohol motifs (C(OH)–C–C–N with tert-alkyl or cyclic N) is 1. The van der Waals surface area contributed by atoms with Crippen LogP contribution in [0.4, 0.5) is 0 Å². The lowest BCUT2D eigenvalue weighted by Crippen LogP contribution is -2.48. The predicted molar refractivity (Wildman–Crippen MR) is 76.9 cm³/mol. The molecule has 19 heavy (non-hydrogen) atoms. The molecule has 0 unspecified atom stereocenters. The number of likely N-dealkylation sites (tertiary alicyclic amines) is 1. The van der Waals surface area contributed by atoms with Crippen LogP contribution in [0.25, 0.3) is 0 Å². The topological polar surface area (TPSA) is 43.7 Å². The molecule has 1 aromatic rings. The largest absolute Gasteiger partial charge is 0.394 e. The molecule has 0 bridgehead atoms. The van der Waals surface area contributed by atoms with Gasteiger partial charge in [-0.25, -0.2) is 0 Å². The zero-order valence-electron chi connectivity index (χ0n) is 11.8. The Labute approximate surface area is 115 Å². The van der Waals surface area contributed by atoms with Gasteiger partial charge in [-0.05, 0) is 31.4 Å². The number of aliphatic hydroxyl groups is 2. The van der Waals surface area contributed by atoms with Crippen molar-refractivity contribution in [3.63, 3.8) is 0 Å². The van der Waals surface area contributed by atoms with Gasteiger partial charge < -0.3 is 10.2 Å². The quantitative estimate of drug-likeness (QED) is 0.828. The van der Waals surface area contributed by atoms with Crippen LogP contribution in [0.3, 0.4) is 0 Å². The summed E-state index contributed by atoms with van der Waals surface area (Å²) in [7, 11) is 0. The summed E-state index contributed by atoms with van der Waals surface area (Å²) in [6.45, 7) is 3.94. The molecule has 1 aliphatic rings. The lowest BCUT2D eigenvalue weighted by Gasteiger charge is -2.38. The molecule has 0 aliphatic carbocycles. The molecule has 3 nitrogen and oxygen atoms in total. The van der Waals surface area contributed by atoms with E-state index in [-0.39, 0.29) is 12.1 Å². The highest BCUT2D eigenvalue weighted by molar-refractivity contribution is 5.18. The maximum atomic E-state index is 10.4. The van der Waals surface area contributed by atoms with Crippen LogP contribution in [0.2, 0.25) is 0 Å². The smallest absolute Gasteiger partial charge is 0.0917 e. The molecule has 2 rings (SSSR count). The lowest BCUT2D eigenvalue weighted by atomic mass is 9.91. The van der Waals surface area contributed by atoms with E-state index < -0.39 is 6.10 Å². The van der Waals surface area contributed by atoms with Gasteiger partial charge in [0, 0.05) is 12.1 Å². The van der Waals surface area contributed by atoms with Gasteiger partial charge in [-0.1, -0.05) is 43.7 Å². The Morgan fingerprint density at radius 1 is 1.32 bits per heavy atom. The molecule has 3 heteroatoms. The summed E-state index contributed by atoms with van der Waals surface area (Å²) in [5.74, 6) is 0. The summed E-state index contributed by atoms with van der Waals surface area (Å²) in [6.07, 6.45) is 3.76. The average Bonchev–Trinajstić information content (AvgIpc) is 2.83. The summed E-state index contributed by atoms with van der Waals surface area (Å²) in [6, 6.07) is 9.78. The minimum atomic E-state index is -0.470. The second-order valence-electron chi connectivity index (χ2n) is 5.61. The molecule has 0 aromatic heterocycles. The van der Waals surface area contributed by atoms with E-state index >= 15 is 0 Å². The maximum Gasteiger partial charge on any atom is 0.0917 e. The van der Waals surface area contributed by atoms with Crippen LogP contribution in [0.5, 0.6) is 0 Å². The summed E-state index contributed by atoms with van der Waals surface area (Å²) >= 11 is 0. The van der Waals surface area contributed by atoms with Crippen molar-refractivity contribution in [1.29, 1.82) is 0 Å². The van der Waals surface area contributed by atoms with Crippen LogP contribution in [-0.2, 0) is 0 Å². The van der Waals surface area contributed by atoms with Crippen molar-refractivity contribution in [3.8, 4) is 0 Å². The first-order chi connectivity index (χ1) is 9.22.